The van der Waals surface area contributed by atoms with Gasteiger partial charge in [0.25, 0.3) is 0 Å². The predicted octanol–water partition coefficient (Wildman–Crippen LogP) is 3.71. The molecular weight excluding hydrogens is 397 g/mol. The SMILES string of the molecule is C=CN(CCCNc1c(F)c(N)c2c(=O)ccn3c2c1OCC3C)c1ccccc1N. The number of para-hydroxylation sites is 2. The van der Waals surface area contributed by atoms with Gasteiger partial charge in [-0.3, -0.25) is 4.79 Å². The fraction of sp³-hybridized carbons (Fsp3) is 0.261. The lowest BCUT2D eigenvalue weighted by atomic mass is 10.1. The van der Waals surface area contributed by atoms with E-state index >= 15 is 4.39 Å². The first kappa shape index (κ1) is 20.6. The summed E-state index contributed by atoms with van der Waals surface area (Å²) in [5.41, 5.74) is 13.8. The topological polar surface area (TPSA) is 98.5 Å². The number of aromatic nitrogens is 1. The van der Waals surface area contributed by atoms with Gasteiger partial charge in [-0.1, -0.05) is 18.7 Å². The van der Waals surface area contributed by atoms with E-state index in [1.165, 1.54) is 6.07 Å². The van der Waals surface area contributed by atoms with Gasteiger partial charge in [-0.2, -0.15) is 0 Å². The molecule has 0 fully saturated rings. The molecule has 1 aliphatic heterocycles. The molecule has 2 heterocycles. The summed E-state index contributed by atoms with van der Waals surface area (Å²) < 4.78 is 22.9. The van der Waals surface area contributed by atoms with Crippen LogP contribution in [0, 0.1) is 5.82 Å². The molecule has 1 aliphatic rings. The molecule has 8 heteroatoms. The summed E-state index contributed by atoms with van der Waals surface area (Å²) >= 11 is 0. The van der Waals surface area contributed by atoms with Crippen LogP contribution >= 0.6 is 0 Å². The van der Waals surface area contributed by atoms with Crippen molar-refractivity contribution in [2.45, 2.75) is 19.4 Å². The van der Waals surface area contributed by atoms with Crippen LogP contribution in [0.5, 0.6) is 5.75 Å². The van der Waals surface area contributed by atoms with Crippen LogP contribution in [-0.4, -0.2) is 24.3 Å². The van der Waals surface area contributed by atoms with Gasteiger partial charge in [-0.15, -0.1) is 0 Å². The number of hydrogen-bond donors (Lipinski definition) is 3. The number of ether oxygens (including phenoxy) is 1. The zero-order valence-electron chi connectivity index (χ0n) is 17.4. The Kier molecular flexibility index (Phi) is 5.46. The number of nitrogens with zero attached hydrogens (tertiary/aromatic N) is 2. The number of benzene rings is 2. The largest absolute Gasteiger partial charge is 0.487 e. The third kappa shape index (κ3) is 3.54. The van der Waals surface area contributed by atoms with Crippen LogP contribution in [-0.2, 0) is 0 Å². The Morgan fingerprint density at radius 3 is 2.87 bits per heavy atom. The van der Waals surface area contributed by atoms with Gasteiger partial charge in [0.1, 0.15) is 12.3 Å². The summed E-state index contributed by atoms with van der Waals surface area (Å²) in [6, 6.07) is 8.96. The van der Waals surface area contributed by atoms with Gasteiger partial charge in [0.15, 0.2) is 17.0 Å². The highest BCUT2D eigenvalue weighted by atomic mass is 19.1. The molecule has 0 amide bonds. The van der Waals surface area contributed by atoms with Crippen LogP contribution in [0.4, 0.5) is 27.1 Å². The van der Waals surface area contributed by atoms with Crippen LogP contribution in [0.1, 0.15) is 19.4 Å². The number of nitrogens with one attached hydrogen (secondary N) is 1. The lowest BCUT2D eigenvalue weighted by molar-refractivity contribution is 0.247. The van der Waals surface area contributed by atoms with E-state index in [1.807, 2.05) is 40.7 Å². The number of nitrogens with two attached hydrogens (primary N) is 2. The minimum absolute atomic E-state index is 0.00536. The molecule has 0 radical (unpaired) electrons. The Bertz CT molecular complexity index is 1210. The van der Waals surface area contributed by atoms with Crippen molar-refractivity contribution in [2.24, 2.45) is 0 Å². The van der Waals surface area contributed by atoms with Crippen molar-refractivity contribution in [3.8, 4) is 5.75 Å². The van der Waals surface area contributed by atoms with Crippen molar-refractivity contribution in [2.75, 3.05) is 41.4 Å². The second-order valence-corrected chi connectivity index (χ2v) is 7.62. The fourth-order valence-electron chi connectivity index (χ4n) is 3.98. The molecule has 7 nitrogen and oxygen atoms in total. The van der Waals surface area contributed by atoms with Crippen LogP contribution in [0.2, 0.25) is 0 Å². The number of rotatable bonds is 7. The van der Waals surface area contributed by atoms with E-state index < -0.39 is 5.82 Å². The Hall–Kier alpha value is -3.68. The highest BCUT2D eigenvalue weighted by Crippen LogP contribution is 2.42. The van der Waals surface area contributed by atoms with Crippen LogP contribution in [0.25, 0.3) is 10.9 Å². The van der Waals surface area contributed by atoms with E-state index in [1.54, 1.807) is 12.4 Å². The lowest BCUT2D eigenvalue weighted by Crippen LogP contribution is -2.25. The Morgan fingerprint density at radius 2 is 2.13 bits per heavy atom. The third-order valence-corrected chi connectivity index (χ3v) is 5.58. The highest BCUT2D eigenvalue weighted by molar-refractivity contribution is 6.00. The summed E-state index contributed by atoms with van der Waals surface area (Å²) in [4.78, 5) is 14.3. The molecule has 0 aliphatic carbocycles. The van der Waals surface area contributed by atoms with Gasteiger partial charge in [-0.05, 0) is 31.7 Å². The average molecular weight is 423 g/mol. The molecule has 1 unspecified atom stereocenters. The van der Waals surface area contributed by atoms with E-state index in [0.717, 1.165) is 5.69 Å². The minimum Gasteiger partial charge on any atom is -0.487 e. The zero-order valence-corrected chi connectivity index (χ0v) is 17.4. The molecule has 0 bridgehead atoms. The first-order chi connectivity index (χ1) is 14.9. The summed E-state index contributed by atoms with van der Waals surface area (Å²) in [5.74, 6) is -0.342. The van der Waals surface area contributed by atoms with Crippen molar-refractivity contribution < 1.29 is 9.13 Å². The van der Waals surface area contributed by atoms with Gasteiger partial charge >= 0.3 is 0 Å². The summed E-state index contributed by atoms with van der Waals surface area (Å²) in [6.45, 7) is 7.30. The first-order valence-electron chi connectivity index (χ1n) is 10.2. The summed E-state index contributed by atoms with van der Waals surface area (Å²) in [5, 5.41) is 3.28. The average Bonchev–Trinajstić information content (AvgIpc) is 2.76. The van der Waals surface area contributed by atoms with Gasteiger partial charge in [0.05, 0.1) is 34.0 Å². The summed E-state index contributed by atoms with van der Waals surface area (Å²) in [7, 11) is 0. The smallest absolute Gasteiger partial charge is 0.191 e. The lowest BCUT2D eigenvalue weighted by Gasteiger charge is -2.29. The van der Waals surface area contributed by atoms with Crippen LogP contribution in [0.3, 0.4) is 0 Å². The van der Waals surface area contributed by atoms with Gasteiger partial charge in [0.2, 0.25) is 0 Å². The monoisotopic (exact) mass is 423 g/mol. The van der Waals surface area contributed by atoms with Crippen molar-refractivity contribution in [1.82, 2.24) is 4.57 Å². The molecule has 2 aromatic carbocycles. The van der Waals surface area contributed by atoms with Gasteiger partial charge < -0.3 is 31.0 Å². The number of anilines is 4. The van der Waals surface area contributed by atoms with Crippen LogP contribution in [0.15, 0.2) is 54.1 Å². The second kappa shape index (κ2) is 8.22. The van der Waals surface area contributed by atoms with Gasteiger partial charge in [-0.25, -0.2) is 4.39 Å². The molecule has 0 spiro atoms. The Balaban J connectivity index is 1.59. The van der Waals surface area contributed by atoms with Crippen molar-refractivity contribution >= 4 is 33.7 Å². The number of pyridine rings is 1. The number of nitrogen functional groups attached to an aromatic ring is 2. The molecule has 5 N–H and O–H groups in total. The van der Waals surface area contributed by atoms with Crippen molar-refractivity contribution in [1.29, 1.82) is 0 Å². The van der Waals surface area contributed by atoms with Crippen LogP contribution < -0.4 is 31.8 Å². The second-order valence-electron chi connectivity index (χ2n) is 7.62. The molecular formula is C23H26FN5O2. The molecule has 4 rings (SSSR count). The molecule has 1 atom stereocenters. The minimum atomic E-state index is -0.667. The van der Waals surface area contributed by atoms with E-state index in [4.69, 9.17) is 16.2 Å². The summed E-state index contributed by atoms with van der Waals surface area (Å²) in [6.07, 6.45) is 4.09. The van der Waals surface area contributed by atoms with Crippen molar-refractivity contribution in [3.05, 3.63) is 65.3 Å². The Morgan fingerprint density at radius 1 is 1.35 bits per heavy atom. The molecule has 1 aromatic heterocycles. The molecule has 3 aromatic rings. The molecule has 31 heavy (non-hydrogen) atoms. The fourth-order valence-corrected chi connectivity index (χ4v) is 3.98. The van der Waals surface area contributed by atoms with Crippen molar-refractivity contribution in [3.63, 3.8) is 0 Å². The van der Waals surface area contributed by atoms with E-state index in [0.29, 0.717) is 43.1 Å². The standard InChI is InChI=1S/C23H26FN5O2/c1-3-28(16-8-5-4-7-15(16)25)11-6-10-27-21-19(24)20(26)18-17(30)9-12-29-14(2)13-31-23(21)22(18)29/h3-5,7-9,12,14,27H,1,6,10-11,13,25-26H2,2H3. The molecule has 0 saturated heterocycles. The molecule has 0 saturated carbocycles. The van der Waals surface area contributed by atoms with Gasteiger partial charge in [0, 0.05) is 25.4 Å². The zero-order chi connectivity index (χ0) is 22.1. The number of halogens is 1. The third-order valence-electron chi connectivity index (χ3n) is 5.58. The highest BCUT2D eigenvalue weighted by Gasteiger charge is 2.27. The van der Waals surface area contributed by atoms with E-state index in [9.17, 15) is 4.79 Å². The maximum atomic E-state index is 15.1. The predicted molar refractivity (Wildman–Crippen MR) is 124 cm³/mol. The van der Waals surface area contributed by atoms with E-state index in [2.05, 4.69) is 11.9 Å². The first-order valence-corrected chi connectivity index (χ1v) is 10.2. The quantitative estimate of drug-likeness (QED) is 0.396. The maximum Gasteiger partial charge on any atom is 0.191 e. The van der Waals surface area contributed by atoms with E-state index in [-0.39, 0.29) is 28.2 Å². The Labute approximate surface area is 179 Å². The number of hydrogen-bond acceptors (Lipinski definition) is 6. The maximum absolute atomic E-state index is 15.1. The molecule has 162 valence electrons. The normalized spacial score (nSPS) is 14.8.